The first-order chi connectivity index (χ1) is 9.38. The van der Waals surface area contributed by atoms with Crippen LogP contribution in [0.15, 0.2) is 20.2 Å². The van der Waals surface area contributed by atoms with Gasteiger partial charge in [0.15, 0.2) is 5.82 Å². The second-order valence-corrected chi connectivity index (χ2v) is 6.75. The van der Waals surface area contributed by atoms with E-state index in [2.05, 4.69) is 14.9 Å². The van der Waals surface area contributed by atoms with Crippen LogP contribution in [0.1, 0.15) is 22.1 Å². The number of carbonyl (C=O) groups is 1. The number of sulfonamides is 1. The topological polar surface area (TPSA) is 122 Å². The summed E-state index contributed by atoms with van der Waals surface area (Å²) in [6.07, 6.45) is 0.261. The van der Waals surface area contributed by atoms with Crippen molar-refractivity contribution in [3.63, 3.8) is 0 Å². The van der Waals surface area contributed by atoms with Gasteiger partial charge < -0.3 is 9.63 Å². The van der Waals surface area contributed by atoms with E-state index in [-0.39, 0.29) is 22.7 Å². The zero-order valence-corrected chi connectivity index (χ0v) is 12.0. The summed E-state index contributed by atoms with van der Waals surface area (Å²) in [5, 5.41) is 13.6. The maximum atomic E-state index is 11.9. The molecule has 108 valence electrons. The van der Waals surface area contributed by atoms with Crippen molar-refractivity contribution in [2.45, 2.75) is 17.6 Å². The van der Waals surface area contributed by atoms with Crippen molar-refractivity contribution in [2.75, 3.05) is 6.54 Å². The average molecular weight is 317 g/mol. The van der Waals surface area contributed by atoms with Crippen molar-refractivity contribution < 1.29 is 22.8 Å². The second kappa shape index (κ2) is 5.69. The van der Waals surface area contributed by atoms with Gasteiger partial charge in [-0.15, -0.1) is 11.3 Å². The predicted octanol–water partition coefficient (Wildman–Crippen LogP) is 0.659. The molecule has 0 radical (unpaired) electrons. The maximum absolute atomic E-state index is 11.9. The number of aryl methyl sites for hydroxylation is 1. The van der Waals surface area contributed by atoms with Crippen LogP contribution in [0.4, 0.5) is 0 Å². The lowest BCUT2D eigenvalue weighted by atomic mass is 10.4. The number of carboxylic acids is 1. The van der Waals surface area contributed by atoms with E-state index < -0.39 is 16.0 Å². The molecule has 0 saturated heterocycles. The highest BCUT2D eigenvalue weighted by atomic mass is 32.2. The van der Waals surface area contributed by atoms with Gasteiger partial charge >= 0.3 is 5.97 Å². The third-order valence-electron chi connectivity index (χ3n) is 2.29. The van der Waals surface area contributed by atoms with E-state index in [0.717, 1.165) is 17.4 Å². The van der Waals surface area contributed by atoms with E-state index in [1.54, 1.807) is 6.92 Å². The lowest BCUT2D eigenvalue weighted by Crippen LogP contribution is -2.25. The number of hydrogen-bond donors (Lipinski definition) is 2. The molecular weight excluding hydrogens is 306 g/mol. The van der Waals surface area contributed by atoms with E-state index in [1.165, 1.54) is 5.38 Å². The van der Waals surface area contributed by atoms with Gasteiger partial charge in [0.2, 0.25) is 15.9 Å². The van der Waals surface area contributed by atoms with Gasteiger partial charge in [0.05, 0.1) is 5.56 Å². The monoisotopic (exact) mass is 317 g/mol. The molecule has 2 N–H and O–H groups in total. The van der Waals surface area contributed by atoms with Crippen LogP contribution in [-0.4, -0.2) is 36.2 Å². The van der Waals surface area contributed by atoms with Crippen LogP contribution < -0.4 is 4.72 Å². The summed E-state index contributed by atoms with van der Waals surface area (Å²) < 4.78 is 31.0. The van der Waals surface area contributed by atoms with E-state index >= 15 is 0 Å². The van der Waals surface area contributed by atoms with Gasteiger partial charge in [0.1, 0.15) is 4.21 Å². The molecule has 2 rings (SSSR count). The number of hydrogen-bond acceptors (Lipinski definition) is 7. The summed E-state index contributed by atoms with van der Waals surface area (Å²) in [4.78, 5) is 14.6. The Morgan fingerprint density at radius 3 is 2.85 bits per heavy atom. The van der Waals surface area contributed by atoms with Crippen LogP contribution in [0.25, 0.3) is 0 Å². The molecule has 0 fully saturated rings. The Morgan fingerprint density at radius 1 is 1.55 bits per heavy atom. The molecule has 20 heavy (non-hydrogen) atoms. The van der Waals surface area contributed by atoms with E-state index in [0.29, 0.717) is 11.7 Å². The molecule has 0 atom stereocenters. The van der Waals surface area contributed by atoms with Crippen molar-refractivity contribution in [2.24, 2.45) is 0 Å². The zero-order chi connectivity index (χ0) is 14.8. The lowest BCUT2D eigenvalue weighted by molar-refractivity contribution is 0.0697. The summed E-state index contributed by atoms with van der Waals surface area (Å²) in [5.74, 6) is -0.348. The fourth-order valence-corrected chi connectivity index (χ4v) is 3.60. The number of rotatable bonds is 6. The van der Waals surface area contributed by atoms with Crippen molar-refractivity contribution in [3.05, 3.63) is 28.7 Å². The van der Waals surface area contributed by atoms with E-state index in [4.69, 9.17) is 9.63 Å². The van der Waals surface area contributed by atoms with Crippen LogP contribution in [0.2, 0.25) is 0 Å². The van der Waals surface area contributed by atoms with Gasteiger partial charge in [0.25, 0.3) is 0 Å². The lowest BCUT2D eigenvalue weighted by Gasteiger charge is -2.02. The van der Waals surface area contributed by atoms with Crippen LogP contribution in [-0.2, 0) is 16.4 Å². The molecular formula is C10H11N3O5S2. The molecule has 0 bridgehead atoms. The Morgan fingerprint density at radius 2 is 2.30 bits per heavy atom. The molecule has 0 aliphatic carbocycles. The SMILES string of the molecule is Cc1noc(CCNS(=O)(=O)c2cc(C(=O)O)cs2)n1. The Bertz CT molecular complexity index is 719. The highest BCUT2D eigenvalue weighted by molar-refractivity contribution is 7.91. The van der Waals surface area contributed by atoms with Gasteiger partial charge in [-0.05, 0) is 13.0 Å². The Kier molecular flexibility index (Phi) is 4.16. The van der Waals surface area contributed by atoms with E-state index in [9.17, 15) is 13.2 Å². The third kappa shape index (κ3) is 3.40. The minimum atomic E-state index is -3.72. The first-order valence-corrected chi connectivity index (χ1v) is 7.85. The van der Waals surface area contributed by atoms with Crippen molar-refractivity contribution in [3.8, 4) is 0 Å². The quantitative estimate of drug-likeness (QED) is 0.802. The molecule has 0 aliphatic rings. The molecule has 0 unspecified atom stereocenters. The standard InChI is InChI=1S/C10H11N3O5S2/c1-6-12-8(18-13-6)2-3-11-20(16,17)9-4-7(5-19-9)10(14)15/h4-5,11H,2-3H2,1H3,(H,14,15). The third-order valence-corrected chi connectivity index (χ3v) is 5.19. The van der Waals surface area contributed by atoms with Crippen LogP contribution in [0, 0.1) is 6.92 Å². The van der Waals surface area contributed by atoms with Gasteiger partial charge in [-0.2, -0.15) is 4.98 Å². The minimum absolute atomic E-state index is 0.0448. The summed E-state index contributed by atoms with van der Waals surface area (Å²) in [7, 11) is -3.72. The molecule has 0 aliphatic heterocycles. The fraction of sp³-hybridized carbons (Fsp3) is 0.300. The van der Waals surface area contributed by atoms with Crippen molar-refractivity contribution in [1.82, 2.24) is 14.9 Å². The summed E-state index contributed by atoms with van der Waals surface area (Å²) in [6, 6.07) is 1.12. The van der Waals surface area contributed by atoms with E-state index in [1.807, 2.05) is 0 Å². The number of carboxylic acid groups (broad SMARTS) is 1. The molecule has 2 aromatic rings. The summed E-state index contributed by atoms with van der Waals surface area (Å²) in [5.41, 5.74) is -0.0529. The van der Waals surface area contributed by atoms with Crippen molar-refractivity contribution >= 4 is 27.3 Å². The van der Waals surface area contributed by atoms with Crippen molar-refractivity contribution in [1.29, 1.82) is 0 Å². The molecule has 2 heterocycles. The molecule has 10 heteroatoms. The smallest absolute Gasteiger partial charge is 0.336 e. The summed E-state index contributed by atoms with van der Waals surface area (Å²) >= 11 is 0.852. The van der Waals surface area contributed by atoms with Gasteiger partial charge in [0, 0.05) is 18.3 Å². The number of thiophene rings is 1. The fourth-order valence-electron chi connectivity index (χ4n) is 1.37. The number of nitrogens with one attached hydrogen (secondary N) is 1. The highest BCUT2D eigenvalue weighted by Gasteiger charge is 2.18. The first kappa shape index (κ1) is 14.6. The normalized spacial score (nSPS) is 11.7. The zero-order valence-electron chi connectivity index (χ0n) is 10.4. The van der Waals surface area contributed by atoms with Gasteiger partial charge in [-0.3, -0.25) is 0 Å². The number of aromatic nitrogens is 2. The largest absolute Gasteiger partial charge is 0.478 e. The van der Waals surface area contributed by atoms with Gasteiger partial charge in [-0.25, -0.2) is 17.9 Å². The van der Waals surface area contributed by atoms with Crippen LogP contribution in [0.3, 0.4) is 0 Å². The molecule has 0 spiro atoms. The Balaban J connectivity index is 1.98. The van der Waals surface area contributed by atoms with Crippen LogP contribution in [0.5, 0.6) is 0 Å². The summed E-state index contributed by atoms with van der Waals surface area (Å²) in [6.45, 7) is 1.75. The highest BCUT2D eigenvalue weighted by Crippen LogP contribution is 2.19. The average Bonchev–Trinajstić information content (AvgIpc) is 2.98. The number of nitrogens with zero attached hydrogens (tertiary/aromatic N) is 2. The van der Waals surface area contributed by atoms with Crippen LogP contribution >= 0.6 is 11.3 Å². The Hall–Kier alpha value is -1.78. The van der Waals surface area contributed by atoms with Gasteiger partial charge in [-0.1, -0.05) is 5.16 Å². The maximum Gasteiger partial charge on any atom is 0.336 e. The Labute approximate surface area is 118 Å². The molecule has 0 amide bonds. The predicted molar refractivity (Wildman–Crippen MR) is 69.2 cm³/mol. The first-order valence-electron chi connectivity index (χ1n) is 5.49. The molecule has 0 saturated carbocycles. The number of aromatic carboxylic acids is 1. The molecule has 8 nitrogen and oxygen atoms in total. The second-order valence-electron chi connectivity index (χ2n) is 3.84. The molecule has 2 aromatic heterocycles. The minimum Gasteiger partial charge on any atom is -0.478 e. The molecule has 0 aromatic carbocycles.